The molecule has 3 aromatic carbocycles. The molecule has 0 unspecified atom stereocenters. The van der Waals surface area contributed by atoms with E-state index in [9.17, 15) is 0 Å². The summed E-state index contributed by atoms with van der Waals surface area (Å²) in [5.41, 5.74) is 3.39. The number of benzene rings is 3. The maximum atomic E-state index is 6.58. The van der Waals surface area contributed by atoms with Gasteiger partial charge in [0.1, 0.15) is 0 Å². The summed E-state index contributed by atoms with van der Waals surface area (Å²) in [5.74, 6) is 0. The number of rotatable bonds is 6. The van der Waals surface area contributed by atoms with Crippen molar-refractivity contribution < 1.29 is 4.74 Å². The van der Waals surface area contributed by atoms with Gasteiger partial charge in [-0.25, -0.2) is 0 Å². The third-order valence-electron chi connectivity index (χ3n) is 5.82. The molecule has 4 rings (SSSR count). The number of ether oxygens (including phenoxy) is 1. The van der Waals surface area contributed by atoms with E-state index in [1.807, 2.05) is 30.3 Å². The van der Waals surface area contributed by atoms with Crippen LogP contribution in [0.15, 0.2) is 72.8 Å². The lowest BCUT2D eigenvalue weighted by Gasteiger charge is -2.44. The molecule has 1 saturated heterocycles. The maximum Gasteiger partial charge on any atom is 0.0947 e. The van der Waals surface area contributed by atoms with Gasteiger partial charge in [-0.2, -0.15) is 0 Å². The van der Waals surface area contributed by atoms with Crippen molar-refractivity contribution in [3.63, 3.8) is 0 Å². The number of nitrogens with zero attached hydrogens (tertiary/aromatic N) is 2. The van der Waals surface area contributed by atoms with Gasteiger partial charge in [-0.15, -0.1) is 0 Å². The molecule has 0 saturated carbocycles. The lowest BCUT2D eigenvalue weighted by atomic mass is 10.00. The smallest absolute Gasteiger partial charge is 0.0947 e. The second-order valence-electron chi connectivity index (χ2n) is 7.75. The molecule has 0 N–H and O–H groups in total. The molecule has 0 amide bonds. The fourth-order valence-electron chi connectivity index (χ4n) is 4.20. The summed E-state index contributed by atoms with van der Waals surface area (Å²) in [5, 5.41) is 2.04. The number of anilines is 1. The largest absolute Gasteiger partial charge is 0.375 e. The maximum absolute atomic E-state index is 6.58. The third kappa shape index (κ3) is 5.36. The van der Waals surface area contributed by atoms with E-state index in [1.165, 1.54) is 11.1 Å². The molecular formula is C25H25Cl3N2O. The van der Waals surface area contributed by atoms with Gasteiger partial charge in [-0.3, -0.25) is 4.90 Å². The molecular weight excluding hydrogens is 451 g/mol. The van der Waals surface area contributed by atoms with Crippen LogP contribution in [0.1, 0.15) is 23.3 Å². The topological polar surface area (TPSA) is 15.7 Å². The number of piperazine rings is 1. The Balaban J connectivity index is 1.60. The second-order valence-corrected chi connectivity index (χ2v) is 9.03. The Labute approximate surface area is 199 Å². The summed E-state index contributed by atoms with van der Waals surface area (Å²) in [4.78, 5) is 4.82. The van der Waals surface area contributed by atoms with Gasteiger partial charge in [-0.1, -0.05) is 77.3 Å². The van der Waals surface area contributed by atoms with E-state index in [0.717, 1.165) is 36.9 Å². The van der Waals surface area contributed by atoms with Crippen LogP contribution < -0.4 is 4.90 Å². The Kier molecular flexibility index (Phi) is 7.42. The summed E-state index contributed by atoms with van der Waals surface area (Å²) in [6, 6.07) is 24.3. The third-order valence-corrected chi connectivity index (χ3v) is 6.61. The monoisotopic (exact) mass is 474 g/mol. The molecule has 2 atom stereocenters. The molecule has 3 nitrogen and oxygen atoms in total. The molecule has 0 radical (unpaired) electrons. The van der Waals surface area contributed by atoms with Gasteiger partial charge in [0, 0.05) is 43.3 Å². The van der Waals surface area contributed by atoms with Crippen LogP contribution >= 0.6 is 34.8 Å². The molecule has 0 aliphatic carbocycles. The first-order chi connectivity index (χ1) is 15.0. The molecule has 1 aliphatic heterocycles. The number of halogens is 3. The minimum atomic E-state index is 0.0257. The van der Waals surface area contributed by atoms with Crippen LogP contribution in [-0.4, -0.2) is 38.2 Å². The highest BCUT2D eigenvalue weighted by Crippen LogP contribution is 2.37. The molecule has 0 aromatic heterocycles. The van der Waals surface area contributed by atoms with Crippen LogP contribution in [0.5, 0.6) is 0 Å². The fourth-order valence-corrected chi connectivity index (χ4v) is 4.84. The number of hydrogen-bond acceptors (Lipinski definition) is 3. The molecule has 1 heterocycles. The van der Waals surface area contributed by atoms with Crippen LogP contribution in [0.25, 0.3) is 0 Å². The van der Waals surface area contributed by atoms with Crippen molar-refractivity contribution in [2.45, 2.75) is 12.1 Å². The molecule has 31 heavy (non-hydrogen) atoms. The summed E-state index contributed by atoms with van der Waals surface area (Å²) >= 11 is 18.9. The zero-order valence-corrected chi connectivity index (χ0v) is 19.6. The molecule has 0 bridgehead atoms. The van der Waals surface area contributed by atoms with E-state index in [4.69, 9.17) is 39.5 Å². The lowest BCUT2D eigenvalue weighted by molar-refractivity contribution is 0.0566. The summed E-state index contributed by atoms with van der Waals surface area (Å²) in [6.45, 7) is 3.44. The average molecular weight is 476 g/mol. The zero-order chi connectivity index (χ0) is 21.8. The van der Waals surface area contributed by atoms with Gasteiger partial charge in [0.25, 0.3) is 0 Å². The minimum absolute atomic E-state index is 0.0257. The van der Waals surface area contributed by atoms with Gasteiger partial charge < -0.3 is 9.64 Å². The van der Waals surface area contributed by atoms with Crippen molar-refractivity contribution in [1.82, 2.24) is 4.90 Å². The summed E-state index contributed by atoms with van der Waals surface area (Å²) < 4.78 is 5.83. The molecule has 1 fully saturated rings. The van der Waals surface area contributed by atoms with Gasteiger partial charge in [0.05, 0.1) is 22.9 Å². The van der Waals surface area contributed by atoms with Crippen LogP contribution in [0.4, 0.5) is 5.69 Å². The Bertz CT molecular complexity index is 997. The van der Waals surface area contributed by atoms with Crippen molar-refractivity contribution in [1.29, 1.82) is 0 Å². The molecule has 162 valence electrons. The van der Waals surface area contributed by atoms with Crippen LogP contribution in [0.2, 0.25) is 15.1 Å². The summed E-state index contributed by atoms with van der Waals surface area (Å²) in [6.07, 6.45) is 0.0257. The van der Waals surface area contributed by atoms with E-state index in [0.29, 0.717) is 10.0 Å². The first-order valence-corrected chi connectivity index (χ1v) is 11.5. The van der Waals surface area contributed by atoms with Crippen molar-refractivity contribution >= 4 is 40.5 Å². The highest BCUT2D eigenvalue weighted by atomic mass is 35.5. The lowest BCUT2D eigenvalue weighted by Crippen LogP contribution is -2.49. The van der Waals surface area contributed by atoms with Gasteiger partial charge in [0.15, 0.2) is 0 Å². The number of hydrogen-bond donors (Lipinski definition) is 0. The SMILES string of the molecule is CO[C@@H](CN1CCN(c2ccc(Cl)cc2Cl)[C@H](c2ccc(Cl)cc2)C1)c1ccccc1. The quantitative estimate of drug-likeness (QED) is 0.386. The van der Waals surface area contributed by atoms with E-state index in [1.54, 1.807) is 13.2 Å². The standard InChI is InChI=1S/C25H25Cl3N2O/c1-31-25(19-5-3-2-4-6-19)17-29-13-14-30(23-12-11-21(27)15-22(23)28)24(16-29)18-7-9-20(26)10-8-18/h2-12,15,24-25H,13-14,16-17H2,1H3/t24-,25-/m0/s1. The van der Waals surface area contributed by atoms with E-state index >= 15 is 0 Å². The predicted octanol–water partition coefficient (Wildman–Crippen LogP) is 6.90. The van der Waals surface area contributed by atoms with Crippen LogP contribution in [0, 0.1) is 0 Å². The van der Waals surface area contributed by atoms with Gasteiger partial charge in [-0.05, 0) is 41.5 Å². The molecule has 0 spiro atoms. The predicted molar refractivity (Wildman–Crippen MR) is 131 cm³/mol. The Morgan fingerprint density at radius 1 is 0.903 bits per heavy atom. The minimum Gasteiger partial charge on any atom is -0.375 e. The Hall–Kier alpha value is -1.75. The van der Waals surface area contributed by atoms with Crippen molar-refractivity contribution in [2.75, 3.05) is 38.2 Å². The highest BCUT2D eigenvalue weighted by molar-refractivity contribution is 6.36. The first-order valence-electron chi connectivity index (χ1n) is 10.3. The van der Waals surface area contributed by atoms with Gasteiger partial charge >= 0.3 is 0 Å². The highest BCUT2D eigenvalue weighted by Gasteiger charge is 2.31. The van der Waals surface area contributed by atoms with Gasteiger partial charge in [0.2, 0.25) is 0 Å². The van der Waals surface area contributed by atoms with Crippen molar-refractivity contribution in [3.05, 3.63) is 99.0 Å². The zero-order valence-electron chi connectivity index (χ0n) is 17.3. The van der Waals surface area contributed by atoms with Crippen molar-refractivity contribution in [3.8, 4) is 0 Å². The molecule has 3 aromatic rings. The second kappa shape index (κ2) is 10.2. The van der Waals surface area contributed by atoms with Crippen LogP contribution in [-0.2, 0) is 4.74 Å². The van der Waals surface area contributed by atoms with Crippen molar-refractivity contribution in [2.24, 2.45) is 0 Å². The van der Waals surface area contributed by atoms with E-state index < -0.39 is 0 Å². The fraction of sp³-hybridized carbons (Fsp3) is 0.280. The Morgan fingerprint density at radius 2 is 1.61 bits per heavy atom. The molecule has 6 heteroatoms. The average Bonchev–Trinajstić information content (AvgIpc) is 2.79. The van der Waals surface area contributed by atoms with Crippen LogP contribution in [0.3, 0.4) is 0 Å². The van der Waals surface area contributed by atoms with E-state index in [2.05, 4.69) is 46.2 Å². The summed E-state index contributed by atoms with van der Waals surface area (Å²) in [7, 11) is 1.78. The first kappa shape index (κ1) is 22.4. The number of methoxy groups -OCH3 is 1. The Morgan fingerprint density at radius 3 is 2.29 bits per heavy atom. The normalized spacial score (nSPS) is 18.2. The molecule has 1 aliphatic rings. The van der Waals surface area contributed by atoms with E-state index in [-0.39, 0.29) is 12.1 Å².